The minimum atomic E-state index is 0.631. The molecule has 0 spiro atoms. The highest BCUT2D eigenvalue weighted by atomic mass is 16.6. The maximum atomic E-state index is 5.20. The fourth-order valence-electron chi connectivity index (χ4n) is 0.420. The van der Waals surface area contributed by atoms with Gasteiger partial charge in [-0.25, -0.2) is 5.48 Å². The quantitative estimate of drug-likeness (QED) is 0.403. The molecule has 0 atom stereocenters. The molecule has 9 heavy (non-hydrogen) atoms. The molecule has 3 heteroatoms. The van der Waals surface area contributed by atoms with Crippen molar-refractivity contribution in [2.45, 2.75) is 19.8 Å². The smallest absolute Gasteiger partial charge is 0.0682 e. The standard InChI is InChI=1S/C6H16N2O/c1-2-3-6-9-8-5-4-7/h8H,2-7H2,1H3. The third-order valence-corrected chi connectivity index (χ3v) is 0.948. The van der Waals surface area contributed by atoms with Crippen molar-refractivity contribution in [3.63, 3.8) is 0 Å². The number of unbranched alkanes of at least 4 members (excludes halogenated alkanes) is 1. The molecule has 0 saturated heterocycles. The molecule has 0 aromatic carbocycles. The lowest BCUT2D eigenvalue weighted by molar-refractivity contribution is 0.0413. The van der Waals surface area contributed by atoms with E-state index in [9.17, 15) is 0 Å². The summed E-state index contributed by atoms with van der Waals surface area (Å²) in [6.45, 7) is 4.29. The molecule has 0 aliphatic heterocycles. The second-order valence-electron chi connectivity index (χ2n) is 1.89. The molecular formula is C6H16N2O. The van der Waals surface area contributed by atoms with Gasteiger partial charge in [-0.1, -0.05) is 13.3 Å². The monoisotopic (exact) mass is 132 g/mol. The Hall–Kier alpha value is -0.120. The molecule has 0 saturated carbocycles. The van der Waals surface area contributed by atoms with Gasteiger partial charge in [-0.05, 0) is 6.42 Å². The summed E-state index contributed by atoms with van der Waals surface area (Å²) in [6, 6.07) is 0. The minimum absolute atomic E-state index is 0.631. The van der Waals surface area contributed by atoms with Crippen molar-refractivity contribution in [1.82, 2.24) is 5.48 Å². The molecule has 3 nitrogen and oxygen atoms in total. The van der Waals surface area contributed by atoms with Crippen molar-refractivity contribution in [3.8, 4) is 0 Å². The highest BCUT2D eigenvalue weighted by molar-refractivity contribution is 4.33. The molecule has 0 rings (SSSR count). The minimum Gasteiger partial charge on any atom is -0.329 e. The first-order valence-electron chi connectivity index (χ1n) is 3.46. The van der Waals surface area contributed by atoms with Gasteiger partial charge in [0.25, 0.3) is 0 Å². The van der Waals surface area contributed by atoms with Gasteiger partial charge in [0.2, 0.25) is 0 Å². The van der Waals surface area contributed by atoms with Crippen LogP contribution >= 0.6 is 0 Å². The van der Waals surface area contributed by atoms with E-state index in [1.807, 2.05) is 0 Å². The molecule has 0 bridgehead atoms. The maximum absolute atomic E-state index is 5.20. The SMILES string of the molecule is CCCCONCCN. The molecule has 3 N–H and O–H groups in total. The zero-order valence-electron chi connectivity index (χ0n) is 6.02. The van der Waals surface area contributed by atoms with E-state index in [1.165, 1.54) is 6.42 Å². The van der Waals surface area contributed by atoms with Crippen LogP contribution in [0, 0.1) is 0 Å². The largest absolute Gasteiger partial charge is 0.329 e. The molecule has 56 valence electrons. The summed E-state index contributed by atoms with van der Waals surface area (Å²) in [7, 11) is 0. The van der Waals surface area contributed by atoms with Crippen molar-refractivity contribution in [2.75, 3.05) is 19.7 Å². The fourth-order valence-corrected chi connectivity index (χ4v) is 0.420. The Bertz CT molecular complexity index is 44.3. The van der Waals surface area contributed by atoms with Gasteiger partial charge in [0, 0.05) is 13.1 Å². The molecule has 0 unspecified atom stereocenters. The van der Waals surface area contributed by atoms with Crippen LogP contribution in [0.1, 0.15) is 19.8 Å². The Balaban J connectivity index is 2.60. The lowest BCUT2D eigenvalue weighted by Gasteiger charge is -2.01. The van der Waals surface area contributed by atoms with Gasteiger partial charge in [0.1, 0.15) is 0 Å². The van der Waals surface area contributed by atoms with E-state index in [4.69, 9.17) is 10.6 Å². The lowest BCUT2D eigenvalue weighted by Crippen LogP contribution is -2.23. The van der Waals surface area contributed by atoms with E-state index in [0.29, 0.717) is 6.54 Å². The zero-order chi connectivity index (χ0) is 6.95. The molecule has 0 aromatic heterocycles. The zero-order valence-corrected chi connectivity index (χ0v) is 6.02. The summed E-state index contributed by atoms with van der Waals surface area (Å²) in [5.74, 6) is 0. The van der Waals surface area contributed by atoms with Crippen LogP contribution in [-0.4, -0.2) is 19.7 Å². The molecule has 0 amide bonds. The first kappa shape index (κ1) is 8.88. The number of nitrogens with one attached hydrogen (secondary N) is 1. The van der Waals surface area contributed by atoms with Gasteiger partial charge >= 0.3 is 0 Å². The van der Waals surface area contributed by atoms with Gasteiger partial charge in [-0.2, -0.15) is 0 Å². The summed E-state index contributed by atoms with van der Waals surface area (Å²) < 4.78 is 0. The van der Waals surface area contributed by atoms with E-state index >= 15 is 0 Å². The van der Waals surface area contributed by atoms with Crippen molar-refractivity contribution >= 4 is 0 Å². The van der Waals surface area contributed by atoms with Crippen molar-refractivity contribution in [1.29, 1.82) is 0 Å². The second kappa shape index (κ2) is 7.88. The predicted octanol–water partition coefficient (Wildman–Crippen LogP) is 0.266. The van der Waals surface area contributed by atoms with Crippen molar-refractivity contribution < 1.29 is 4.84 Å². The molecule has 0 heterocycles. The predicted molar refractivity (Wildman–Crippen MR) is 37.9 cm³/mol. The highest BCUT2D eigenvalue weighted by Gasteiger charge is 1.83. The first-order valence-corrected chi connectivity index (χ1v) is 3.46. The van der Waals surface area contributed by atoms with E-state index < -0.39 is 0 Å². The van der Waals surface area contributed by atoms with Crippen LogP contribution < -0.4 is 11.2 Å². The number of hydrogen-bond acceptors (Lipinski definition) is 3. The average Bonchev–Trinajstić information content (AvgIpc) is 1.89. The summed E-state index contributed by atoms with van der Waals surface area (Å²) >= 11 is 0. The Labute approximate surface area is 56.5 Å². The molecule has 0 aromatic rings. The second-order valence-corrected chi connectivity index (χ2v) is 1.89. The van der Waals surface area contributed by atoms with Crippen LogP contribution in [0.5, 0.6) is 0 Å². The normalized spacial score (nSPS) is 10.0. The summed E-state index contributed by atoms with van der Waals surface area (Å²) in [6.07, 6.45) is 2.28. The van der Waals surface area contributed by atoms with Crippen molar-refractivity contribution in [2.24, 2.45) is 5.73 Å². The fraction of sp³-hybridized carbons (Fsp3) is 1.00. The van der Waals surface area contributed by atoms with Gasteiger partial charge in [0.05, 0.1) is 6.61 Å². The summed E-state index contributed by atoms with van der Waals surface area (Å²) in [4.78, 5) is 4.98. The van der Waals surface area contributed by atoms with E-state index in [0.717, 1.165) is 19.6 Å². The van der Waals surface area contributed by atoms with E-state index in [-0.39, 0.29) is 0 Å². The highest BCUT2D eigenvalue weighted by Crippen LogP contribution is 1.83. The summed E-state index contributed by atoms with van der Waals surface area (Å²) in [5, 5.41) is 0. The molecule has 0 radical (unpaired) electrons. The van der Waals surface area contributed by atoms with Crippen molar-refractivity contribution in [3.05, 3.63) is 0 Å². The van der Waals surface area contributed by atoms with Crippen LogP contribution in [0.2, 0.25) is 0 Å². The van der Waals surface area contributed by atoms with Gasteiger partial charge in [0.15, 0.2) is 0 Å². The number of nitrogens with two attached hydrogens (primary N) is 1. The third-order valence-electron chi connectivity index (χ3n) is 0.948. The average molecular weight is 132 g/mol. The topological polar surface area (TPSA) is 47.3 Å². The van der Waals surface area contributed by atoms with Gasteiger partial charge in [-0.15, -0.1) is 0 Å². The maximum Gasteiger partial charge on any atom is 0.0682 e. The van der Waals surface area contributed by atoms with Gasteiger partial charge in [-0.3, -0.25) is 0 Å². The lowest BCUT2D eigenvalue weighted by atomic mass is 10.4. The number of hydrogen-bond donors (Lipinski definition) is 2. The molecule has 0 aliphatic carbocycles. The molecule has 0 aliphatic rings. The molecular weight excluding hydrogens is 116 g/mol. The van der Waals surface area contributed by atoms with Crippen LogP contribution in [0.3, 0.4) is 0 Å². The molecule has 0 fully saturated rings. The Morgan fingerprint density at radius 3 is 2.89 bits per heavy atom. The van der Waals surface area contributed by atoms with Crippen LogP contribution in [0.4, 0.5) is 0 Å². The van der Waals surface area contributed by atoms with Gasteiger partial charge < -0.3 is 10.6 Å². The van der Waals surface area contributed by atoms with Crippen LogP contribution in [0.25, 0.3) is 0 Å². The Morgan fingerprint density at radius 1 is 1.56 bits per heavy atom. The Kier molecular flexibility index (Phi) is 7.77. The number of rotatable bonds is 6. The van der Waals surface area contributed by atoms with Crippen LogP contribution in [-0.2, 0) is 4.84 Å². The first-order chi connectivity index (χ1) is 4.41. The Morgan fingerprint density at radius 2 is 2.33 bits per heavy atom. The number of hydroxylamine groups is 1. The summed E-state index contributed by atoms with van der Waals surface area (Å²) in [5.41, 5.74) is 7.95. The van der Waals surface area contributed by atoms with E-state index in [1.54, 1.807) is 0 Å². The van der Waals surface area contributed by atoms with Crippen LogP contribution in [0.15, 0.2) is 0 Å². The third kappa shape index (κ3) is 7.88. The van der Waals surface area contributed by atoms with E-state index in [2.05, 4.69) is 12.4 Å².